The fourth-order valence-electron chi connectivity index (χ4n) is 0.580. The molecule has 1 aromatic carbocycles. The molecule has 1 rings (SSSR count). The number of carboxylic acids is 1. The Hall–Kier alpha value is -0.756. The van der Waals surface area contributed by atoms with Crippen molar-refractivity contribution in [3.8, 4) is 0 Å². The molecule has 0 saturated heterocycles. The van der Waals surface area contributed by atoms with Gasteiger partial charge in [0.1, 0.15) is 6.61 Å². The normalized spacial score (nSPS) is 8.70. The molecule has 0 bridgehead atoms. The second kappa shape index (κ2) is 30.0. The van der Waals surface area contributed by atoms with Crippen LogP contribution in [0.2, 0.25) is 0 Å². The summed E-state index contributed by atoms with van der Waals surface area (Å²) in [5.74, 6) is -0.918. The molecule has 27 heavy (non-hydrogen) atoms. The number of carboxylic acid groups (broad SMARTS) is 1. The van der Waals surface area contributed by atoms with Crippen LogP contribution < -0.4 is 0 Å². The summed E-state index contributed by atoms with van der Waals surface area (Å²) in [6, 6.07) is 12.5. The first kappa shape index (κ1) is 37.1. The van der Waals surface area contributed by atoms with Gasteiger partial charge in [0.05, 0.1) is 6.10 Å². The quantitative estimate of drug-likeness (QED) is 0.440. The van der Waals surface area contributed by atoms with Crippen molar-refractivity contribution in [3.63, 3.8) is 0 Å². The molecule has 6 nitrogen and oxygen atoms in total. The zero-order chi connectivity index (χ0) is 21.5. The topological polar surface area (TPSA) is 107 Å². The van der Waals surface area contributed by atoms with Crippen molar-refractivity contribution in [2.75, 3.05) is 6.61 Å². The van der Waals surface area contributed by atoms with E-state index in [0.717, 1.165) is 0 Å². The van der Waals surface area contributed by atoms with Gasteiger partial charge < -0.3 is 25.2 Å². The Kier molecular flexibility index (Phi) is 41.2. The molecular weight excluding hydrogens is 384 g/mol. The van der Waals surface area contributed by atoms with Gasteiger partial charge in [-0.05, 0) is 55.4 Å². The van der Waals surface area contributed by atoms with Crippen molar-refractivity contribution in [2.24, 2.45) is 0 Å². The van der Waals surface area contributed by atoms with Gasteiger partial charge in [0, 0.05) is 40.0 Å². The van der Waals surface area contributed by atoms with Crippen LogP contribution in [0, 0.1) is 6.07 Å². The largest absolute Gasteiger partial charge is 0.480 e. The summed E-state index contributed by atoms with van der Waals surface area (Å²) in [7, 11) is 0. The minimum absolute atomic E-state index is 0. The molecule has 1 aromatic rings. The standard InChI is InChI=1S/C6H5.C5H10O3.3C3H8O.Ti/c1-2-4-6-5-3-1;1-4(2)8-3-5(6)7;3*1-3(2)4;/h1-5H;4H,3H2,1-2H3,(H,6,7);3*3-4H,1-2H3;/q-1;;;;;. The van der Waals surface area contributed by atoms with Crippen LogP contribution in [0.5, 0.6) is 0 Å². The minimum atomic E-state index is -0.918. The maximum atomic E-state index is 9.78. The molecule has 0 aliphatic rings. The van der Waals surface area contributed by atoms with Gasteiger partial charge >= 0.3 is 5.97 Å². The molecule has 4 N–H and O–H groups in total. The van der Waals surface area contributed by atoms with Gasteiger partial charge in [0.15, 0.2) is 0 Å². The van der Waals surface area contributed by atoms with Gasteiger partial charge in [-0.25, -0.2) is 4.79 Å². The average molecular weight is 423 g/mol. The summed E-state index contributed by atoms with van der Waals surface area (Å²) < 4.78 is 4.70. The first-order chi connectivity index (χ1) is 11.8. The van der Waals surface area contributed by atoms with E-state index in [1.165, 1.54) is 0 Å². The fourth-order valence-corrected chi connectivity index (χ4v) is 0.580. The monoisotopic (exact) mass is 423 g/mol. The summed E-state index contributed by atoms with van der Waals surface area (Å²) in [4.78, 5) is 9.78. The Morgan fingerprint density at radius 3 is 1.19 bits per heavy atom. The van der Waals surface area contributed by atoms with E-state index in [4.69, 9.17) is 25.2 Å². The zero-order valence-corrected chi connectivity index (χ0v) is 19.6. The van der Waals surface area contributed by atoms with Crippen molar-refractivity contribution in [1.29, 1.82) is 0 Å². The van der Waals surface area contributed by atoms with Crippen LogP contribution in [0.1, 0.15) is 55.4 Å². The van der Waals surface area contributed by atoms with Crippen molar-refractivity contribution in [1.82, 2.24) is 0 Å². The van der Waals surface area contributed by atoms with Gasteiger partial charge in [-0.1, -0.05) is 0 Å². The van der Waals surface area contributed by atoms with Gasteiger partial charge in [-0.2, -0.15) is 36.4 Å². The molecule has 0 spiro atoms. The molecule has 0 radical (unpaired) electrons. The number of rotatable bonds is 3. The van der Waals surface area contributed by atoms with E-state index in [2.05, 4.69) is 6.07 Å². The zero-order valence-electron chi connectivity index (χ0n) is 18.0. The van der Waals surface area contributed by atoms with Crippen LogP contribution in [0.25, 0.3) is 0 Å². The molecule has 0 fully saturated rings. The molecule has 0 amide bonds. The molecule has 160 valence electrons. The first-order valence-electron chi connectivity index (χ1n) is 8.61. The Balaban J connectivity index is -0.0000000767. The Morgan fingerprint density at radius 2 is 1.11 bits per heavy atom. The van der Waals surface area contributed by atoms with E-state index in [0.29, 0.717) is 0 Å². The van der Waals surface area contributed by atoms with E-state index in [1.54, 1.807) is 55.4 Å². The van der Waals surface area contributed by atoms with E-state index in [9.17, 15) is 4.79 Å². The molecule has 0 aliphatic heterocycles. The predicted molar refractivity (Wildman–Crippen MR) is 106 cm³/mol. The van der Waals surface area contributed by atoms with E-state index >= 15 is 0 Å². The third-order valence-electron chi connectivity index (χ3n) is 1.15. The van der Waals surface area contributed by atoms with Gasteiger partial charge in [-0.3, -0.25) is 0 Å². The summed E-state index contributed by atoms with van der Waals surface area (Å²) in [5, 5.41) is 32.2. The summed E-state index contributed by atoms with van der Waals surface area (Å²) in [6.07, 6.45) is -0.494. The van der Waals surface area contributed by atoms with Gasteiger partial charge in [0.25, 0.3) is 0 Å². The predicted octanol–water partition coefficient (Wildman–Crippen LogP) is 3.14. The molecule has 0 aliphatic carbocycles. The number of hydrogen-bond acceptors (Lipinski definition) is 5. The minimum Gasteiger partial charge on any atom is -0.480 e. The second-order valence-electron chi connectivity index (χ2n) is 6.11. The van der Waals surface area contributed by atoms with Crippen LogP contribution >= 0.6 is 0 Å². The van der Waals surface area contributed by atoms with E-state index < -0.39 is 5.97 Å². The third-order valence-corrected chi connectivity index (χ3v) is 1.15. The number of aliphatic hydroxyl groups excluding tert-OH is 3. The number of ether oxygens (including phenoxy) is 1. The molecule has 0 aromatic heterocycles. The smallest absolute Gasteiger partial charge is 0.329 e. The Labute approximate surface area is 180 Å². The number of aliphatic hydroxyl groups is 3. The molecule has 0 saturated carbocycles. The number of carbonyl (C=O) groups is 1. The van der Waals surface area contributed by atoms with Crippen molar-refractivity contribution in [3.05, 3.63) is 36.4 Å². The van der Waals surface area contributed by atoms with Crippen LogP contribution in [0.15, 0.2) is 30.3 Å². The molecule has 0 atom stereocenters. The Morgan fingerprint density at radius 1 is 0.815 bits per heavy atom. The summed E-state index contributed by atoms with van der Waals surface area (Å²) in [5.41, 5.74) is 0. The maximum Gasteiger partial charge on any atom is 0.329 e. The molecular formula is C20H39O6Ti-. The molecule has 0 heterocycles. The average Bonchev–Trinajstić information content (AvgIpc) is 2.46. The van der Waals surface area contributed by atoms with Gasteiger partial charge in [-0.15, -0.1) is 0 Å². The van der Waals surface area contributed by atoms with Crippen molar-refractivity contribution >= 4 is 5.97 Å². The van der Waals surface area contributed by atoms with Crippen molar-refractivity contribution < 1.29 is 51.7 Å². The van der Waals surface area contributed by atoms with E-state index in [-0.39, 0.29) is 52.7 Å². The van der Waals surface area contributed by atoms with Gasteiger partial charge in [0.2, 0.25) is 0 Å². The third kappa shape index (κ3) is 130. The first-order valence-corrected chi connectivity index (χ1v) is 8.61. The van der Waals surface area contributed by atoms with Crippen LogP contribution in [0.4, 0.5) is 0 Å². The number of benzene rings is 1. The summed E-state index contributed by atoms with van der Waals surface area (Å²) in [6.45, 7) is 13.7. The van der Waals surface area contributed by atoms with Crippen LogP contribution in [0.3, 0.4) is 0 Å². The fraction of sp³-hybridized carbons (Fsp3) is 0.650. The van der Waals surface area contributed by atoms with Crippen LogP contribution in [-0.2, 0) is 31.2 Å². The summed E-state index contributed by atoms with van der Waals surface area (Å²) >= 11 is 0. The molecule has 0 unspecified atom stereocenters. The number of hydrogen-bond donors (Lipinski definition) is 4. The van der Waals surface area contributed by atoms with E-state index in [1.807, 2.05) is 30.3 Å². The SMILES string of the molecule is CC(C)O.CC(C)O.CC(C)O.CC(C)OCC(=O)O.[Ti].[c-]1ccccc1. The molecule has 7 heteroatoms. The maximum absolute atomic E-state index is 9.78. The van der Waals surface area contributed by atoms with Crippen LogP contribution in [-0.4, -0.2) is 57.4 Å². The second-order valence-corrected chi connectivity index (χ2v) is 6.11. The number of aliphatic carboxylic acids is 1. The Bertz CT molecular complexity index is 308. The van der Waals surface area contributed by atoms with Crippen molar-refractivity contribution in [2.45, 2.75) is 79.8 Å².